The van der Waals surface area contributed by atoms with Crippen LogP contribution in [0, 0.1) is 13.8 Å². The fourth-order valence-corrected chi connectivity index (χ4v) is 6.07. The number of amides is 1. The van der Waals surface area contributed by atoms with Gasteiger partial charge in [-0.15, -0.1) is 22.7 Å². The zero-order valence-corrected chi connectivity index (χ0v) is 19.3. The lowest BCUT2D eigenvalue weighted by Gasteiger charge is -2.04. The van der Waals surface area contributed by atoms with Gasteiger partial charge in [-0.2, -0.15) is 0 Å². The van der Waals surface area contributed by atoms with Gasteiger partial charge in [-0.25, -0.2) is 15.0 Å². The van der Waals surface area contributed by atoms with Gasteiger partial charge in [0.05, 0.1) is 22.5 Å². The van der Waals surface area contributed by atoms with Gasteiger partial charge < -0.3 is 9.73 Å². The Labute approximate surface area is 190 Å². The number of aryl methyl sites for hydroxylation is 2. The Morgan fingerprint density at radius 2 is 2.00 bits per heavy atom. The van der Waals surface area contributed by atoms with Gasteiger partial charge in [0.1, 0.15) is 21.9 Å². The summed E-state index contributed by atoms with van der Waals surface area (Å²) >= 11 is 4.68. The van der Waals surface area contributed by atoms with Crippen molar-refractivity contribution in [1.82, 2.24) is 20.3 Å². The van der Waals surface area contributed by atoms with Gasteiger partial charge in [0, 0.05) is 10.3 Å². The van der Waals surface area contributed by atoms with E-state index in [1.807, 2.05) is 36.4 Å². The Morgan fingerprint density at radius 3 is 2.87 bits per heavy atom. The molecule has 5 rings (SSSR count). The number of nitrogens with one attached hydrogen (secondary N) is 1. The van der Waals surface area contributed by atoms with E-state index < -0.39 is 0 Å². The van der Waals surface area contributed by atoms with E-state index in [0.29, 0.717) is 18.1 Å². The maximum absolute atomic E-state index is 12.4. The molecular formula is C22H18N4O2S3. The quantitative estimate of drug-likeness (QED) is 0.260. The van der Waals surface area contributed by atoms with Crippen molar-refractivity contribution in [3.8, 4) is 10.8 Å². The van der Waals surface area contributed by atoms with Crippen LogP contribution in [0.15, 0.2) is 52.2 Å². The monoisotopic (exact) mass is 466 g/mol. The number of thiazole rings is 1. The normalized spacial score (nSPS) is 11.4. The summed E-state index contributed by atoms with van der Waals surface area (Å²) in [6.07, 6.45) is 1.56. The third-order valence-electron chi connectivity index (χ3n) is 4.90. The smallest absolute Gasteiger partial charge is 0.230 e. The highest BCUT2D eigenvalue weighted by Crippen LogP contribution is 2.34. The van der Waals surface area contributed by atoms with Gasteiger partial charge in [-0.05, 0) is 43.7 Å². The standard InChI is InChI=1S/C22H18N4O2S3/c1-12-13(2)30-22-19(12)21(24-11-25-22)29-10-18(27)23-9-14-7-8-16(28-14)20-26-15-5-3-4-6-17(15)31-20/h3-8,11H,9-10H2,1-2H3,(H,23,27). The lowest BCUT2D eigenvalue weighted by atomic mass is 10.2. The lowest BCUT2D eigenvalue weighted by Crippen LogP contribution is -2.24. The molecule has 31 heavy (non-hydrogen) atoms. The first-order chi connectivity index (χ1) is 15.1. The van der Waals surface area contributed by atoms with E-state index in [2.05, 4.69) is 34.1 Å². The molecule has 1 N–H and O–H groups in total. The number of rotatable bonds is 6. The number of hydrogen-bond donors (Lipinski definition) is 1. The molecule has 9 heteroatoms. The molecule has 5 aromatic rings. The molecule has 0 aliphatic carbocycles. The second-order valence-corrected chi connectivity index (χ2v) is 10.2. The average molecular weight is 467 g/mol. The third-order valence-corrected chi connectivity index (χ3v) is 8.05. The van der Waals surface area contributed by atoms with Crippen molar-refractivity contribution >= 4 is 60.8 Å². The topological polar surface area (TPSA) is 80.9 Å². The van der Waals surface area contributed by atoms with Crippen LogP contribution in [0.2, 0.25) is 0 Å². The number of furan rings is 1. The minimum Gasteiger partial charge on any atom is -0.457 e. The van der Waals surface area contributed by atoms with Crippen LogP contribution in [0.3, 0.4) is 0 Å². The summed E-state index contributed by atoms with van der Waals surface area (Å²) < 4.78 is 7.02. The Morgan fingerprint density at radius 1 is 1.13 bits per heavy atom. The SMILES string of the molecule is Cc1sc2ncnc(SCC(=O)NCc3ccc(-c4nc5ccccc5s4)o3)c2c1C. The summed E-state index contributed by atoms with van der Waals surface area (Å²) in [5, 5.41) is 5.65. The fourth-order valence-electron chi connectivity index (χ4n) is 3.20. The zero-order valence-electron chi connectivity index (χ0n) is 16.8. The second-order valence-electron chi connectivity index (χ2n) is 6.96. The number of aromatic nitrogens is 3. The van der Waals surface area contributed by atoms with E-state index in [-0.39, 0.29) is 11.7 Å². The highest BCUT2D eigenvalue weighted by atomic mass is 32.2. The zero-order chi connectivity index (χ0) is 21.4. The van der Waals surface area contributed by atoms with Crippen LogP contribution >= 0.6 is 34.4 Å². The Kier molecular flexibility index (Phi) is 5.47. The molecule has 0 fully saturated rings. The highest BCUT2D eigenvalue weighted by Gasteiger charge is 2.14. The maximum atomic E-state index is 12.4. The molecule has 0 radical (unpaired) electrons. The van der Waals surface area contributed by atoms with Gasteiger partial charge in [0.25, 0.3) is 0 Å². The molecule has 0 aliphatic rings. The van der Waals surface area contributed by atoms with E-state index >= 15 is 0 Å². The van der Waals surface area contributed by atoms with Gasteiger partial charge in [-0.3, -0.25) is 4.79 Å². The maximum Gasteiger partial charge on any atom is 0.230 e. The number of hydrogen-bond acceptors (Lipinski definition) is 8. The number of para-hydroxylation sites is 1. The number of carbonyl (C=O) groups excluding carboxylic acids is 1. The largest absolute Gasteiger partial charge is 0.457 e. The predicted molar refractivity (Wildman–Crippen MR) is 127 cm³/mol. The highest BCUT2D eigenvalue weighted by molar-refractivity contribution is 8.00. The molecule has 156 valence electrons. The van der Waals surface area contributed by atoms with Crippen molar-refractivity contribution in [2.75, 3.05) is 5.75 Å². The molecule has 1 amide bonds. The predicted octanol–water partition coefficient (Wildman–Crippen LogP) is 5.59. The van der Waals surface area contributed by atoms with Crippen molar-refractivity contribution < 1.29 is 9.21 Å². The van der Waals surface area contributed by atoms with E-state index in [0.717, 1.165) is 30.5 Å². The number of nitrogens with zero attached hydrogens (tertiary/aromatic N) is 3. The molecule has 1 aromatic carbocycles. The van der Waals surface area contributed by atoms with Gasteiger partial charge >= 0.3 is 0 Å². The van der Waals surface area contributed by atoms with Crippen LogP contribution in [-0.2, 0) is 11.3 Å². The first-order valence-electron chi connectivity index (χ1n) is 9.63. The Balaban J connectivity index is 1.21. The second kappa shape index (κ2) is 8.41. The molecule has 0 bridgehead atoms. The summed E-state index contributed by atoms with van der Waals surface area (Å²) in [4.78, 5) is 27.9. The first kappa shape index (κ1) is 20.2. The summed E-state index contributed by atoms with van der Waals surface area (Å²) in [7, 11) is 0. The molecule has 0 atom stereocenters. The van der Waals surface area contributed by atoms with Crippen LogP contribution in [0.4, 0.5) is 0 Å². The molecule has 0 spiro atoms. The van der Waals surface area contributed by atoms with Crippen LogP contribution in [0.25, 0.3) is 31.2 Å². The summed E-state index contributed by atoms with van der Waals surface area (Å²) in [6, 6.07) is 11.8. The third kappa shape index (κ3) is 4.08. The number of benzene rings is 1. The number of thioether (sulfide) groups is 1. The van der Waals surface area contributed by atoms with Crippen LogP contribution in [0.5, 0.6) is 0 Å². The number of carbonyl (C=O) groups is 1. The van der Waals surface area contributed by atoms with E-state index in [9.17, 15) is 4.79 Å². The van der Waals surface area contributed by atoms with Crippen LogP contribution in [-0.4, -0.2) is 26.6 Å². The van der Waals surface area contributed by atoms with Crippen LogP contribution < -0.4 is 5.32 Å². The molecule has 0 saturated heterocycles. The minimum atomic E-state index is -0.0701. The Hall–Kier alpha value is -2.75. The lowest BCUT2D eigenvalue weighted by molar-refractivity contribution is -0.118. The molecule has 6 nitrogen and oxygen atoms in total. The Bertz CT molecular complexity index is 1370. The number of thiophene rings is 1. The van der Waals surface area contributed by atoms with Crippen molar-refractivity contribution in [3.05, 3.63) is 58.9 Å². The van der Waals surface area contributed by atoms with Gasteiger partial charge in [0.15, 0.2) is 10.8 Å². The molecule has 4 heterocycles. The van der Waals surface area contributed by atoms with Crippen LogP contribution in [0.1, 0.15) is 16.2 Å². The van der Waals surface area contributed by atoms with E-state index in [1.54, 1.807) is 29.0 Å². The fraction of sp³-hybridized carbons (Fsp3) is 0.182. The number of fused-ring (bicyclic) bond motifs is 2. The molecule has 4 aromatic heterocycles. The molecular weight excluding hydrogens is 448 g/mol. The van der Waals surface area contributed by atoms with E-state index in [1.165, 1.54) is 22.2 Å². The minimum absolute atomic E-state index is 0.0701. The summed E-state index contributed by atoms with van der Waals surface area (Å²) in [5.41, 5.74) is 2.14. The van der Waals surface area contributed by atoms with Crippen molar-refractivity contribution in [2.24, 2.45) is 0 Å². The molecule has 0 aliphatic heterocycles. The van der Waals surface area contributed by atoms with Gasteiger partial charge in [0.2, 0.25) is 5.91 Å². The summed E-state index contributed by atoms with van der Waals surface area (Å²) in [5.74, 6) is 1.62. The van der Waals surface area contributed by atoms with Gasteiger partial charge in [-0.1, -0.05) is 23.9 Å². The van der Waals surface area contributed by atoms with Crippen molar-refractivity contribution in [1.29, 1.82) is 0 Å². The average Bonchev–Trinajstić information content (AvgIpc) is 3.48. The first-order valence-corrected chi connectivity index (χ1v) is 12.2. The van der Waals surface area contributed by atoms with Crippen molar-refractivity contribution in [3.63, 3.8) is 0 Å². The molecule has 0 unspecified atom stereocenters. The van der Waals surface area contributed by atoms with E-state index in [4.69, 9.17) is 4.42 Å². The van der Waals surface area contributed by atoms with Crippen molar-refractivity contribution in [2.45, 2.75) is 25.4 Å². The summed E-state index contributed by atoms with van der Waals surface area (Å²) in [6.45, 7) is 4.48. The molecule has 0 saturated carbocycles.